The van der Waals surface area contributed by atoms with Crippen molar-refractivity contribution in [3.05, 3.63) is 50.0 Å². The van der Waals surface area contributed by atoms with Crippen molar-refractivity contribution in [2.24, 2.45) is 0 Å². The SMILES string of the molecule is CCc1cnc(CNc2cc(C#N)ccc2[N+](=O)[O-])s1. The van der Waals surface area contributed by atoms with Crippen LogP contribution in [0.2, 0.25) is 0 Å². The summed E-state index contributed by atoms with van der Waals surface area (Å²) in [6, 6.07) is 6.21. The molecular weight excluding hydrogens is 276 g/mol. The minimum absolute atomic E-state index is 0.0451. The lowest BCUT2D eigenvalue weighted by Crippen LogP contribution is -2.02. The molecule has 0 bridgehead atoms. The minimum Gasteiger partial charge on any atom is -0.373 e. The lowest BCUT2D eigenvalue weighted by atomic mass is 10.2. The number of aryl methyl sites for hydroxylation is 1. The molecule has 0 aliphatic rings. The van der Waals surface area contributed by atoms with Gasteiger partial charge in [-0.15, -0.1) is 11.3 Å². The molecule has 0 radical (unpaired) electrons. The number of hydrogen-bond donors (Lipinski definition) is 1. The van der Waals surface area contributed by atoms with Crippen molar-refractivity contribution in [3.63, 3.8) is 0 Å². The highest BCUT2D eigenvalue weighted by molar-refractivity contribution is 7.11. The van der Waals surface area contributed by atoms with E-state index in [9.17, 15) is 10.1 Å². The van der Waals surface area contributed by atoms with Crippen LogP contribution in [0.15, 0.2) is 24.4 Å². The monoisotopic (exact) mass is 288 g/mol. The third-order valence-electron chi connectivity index (χ3n) is 2.70. The van der Waals surface area contributed by atoms with E-state index in [1.807, 2.05) is 19.2 Å². The molecule has 6 nitrogen and oxygen atoms in total. The molecule has 0 saturated carbocycles. The number of anilines is 1. The van der Waals surface area contributed by atoms with E-state index in [4.69, 9.17) is 5.26 Å². The Morgan fingerprint density at radius 3 is 2.95 bits per heavy atom. The average Bonchev–Trinajstić information content (AvgIpc) is 2.92. The molecular formula is C13H12N4O2S. The van der Waals surface area contributed by atoms with Gasteiger partial charge in [0.2, 0.25) is 0 Å². The van der Waals surface area contributed by atoms with Crippen LogP contribution in [0.1, 0.15) is 22.4 Å². The first-order valence-electron chi connectivity index (χ1n) is 6.00. The van der Waals surface area contributed by atoms with Crippen molar-refractivity contribution in [2.45, 2.75) is 19.9 Å². The van der Waals surface area contributed by atoms with Gasteiger partial charge in [-0.3, -0.25) is 10.1 Å². The summed E-state index contributed by atoms with van der Waals surface area (Å²) in [6.07, 6.45) is 2.73. The fourth-order valence-electron chi connectivity index (χ4n) is 1.67. The molecule has 1 N–H and O–H groups in total. The van der Waals surface area contributed by atoms with Crippen LogP contribution >= 0.6 is 11.3 Å². The van der Waals surface area contributed by atoms with E-state index in [-0.39, 0.29) is 5.69 Å². The smallest absolute Gasteiger partial charge is 0.292 e. The second-order valence-electron chi connectivity index (χ2n) is 4.03. The maximum Gasteiger partial charge on any atom is 0.292 e. The number of thiazole rings is 1. The predicted octanol–water partition coefficient (Wildman–Crippen LogP) is 3.10. The molecule has 2 aromatic rings. The normalized spacial score (nSPS) is 10.0. The van der Waals surface area contributed by atoms with Crippen molar-refractivity contribution in [2.75, 3.05) is 5.32 Å². The number of aromatic nitrogens is 1. The third kappa shape index (κ3) is 3.10. The van der Waals surface area contributed by atoms with E-state index in [1.54, 1.807) is 11.3 Å². The van der Waals surface area contributed by atoms with E-state index in [0.29, 0.717) is 17.8 Å². The topological polar surface area (TPSA) is 91.8 Å². The number of nitrogens with one attached hydrogen (secondary N) is 1. The van der Waals surface area contributed by atoms with Gasteiger partial charge >= 0.3 is 0 Å². The third-order valence-corrected chi connectivity index (χ3v) is 3.84. The average molecular weight is 288 g/mol. The first-order valence-corrected chi connectivity index (χ1v) is 6.81. The number of rotatable bonds is 5. The zero-order valence-corrected chi connectivity index (χ0v) is 11.6. The highest BCUT2D eigenvalue weighted by atomic mass is 32.1. The number of hydrogen-bond acceptors (Lipinski definition) is 6. The Hall–Kier alpha value is -2.46. The Labute approximate surface area is 119 Å². The summed E-state index contributed by atoms with van der Waals surface area (Å²) >= 11 is 1.57. The predicted molar refractivity (Wildman–Crippen MR) is 76.6 cm³/mol. The van der Waals surface area contributed by atoms with E-state index in [1.165, 1.54) is 23.1 Å². The molecule has 0 unspecified atom stereocenters. The van der Waals surface area contributed by atoms with Gasteiger partial charge in [0.15, 0.2) is 0 Å². The van der Waals surface area contributed by atoms with Crippen molar-refractivity contribution in [1.82, 2.24) is 4.98 Å². The van der Waals surface area contributed by atoms with Gasteiger partial charge in [-0.1, -0.05) is 6.92 Å². The van der Waals surface area contributed by atoms with Crippen LogP contribution in [0.4, 0.5) is 11.4 Å². The van der Waals surface area contributed by atoms with Gasteiger partial charge in [0.1, 0.15) is 10.7 Å². The Morgan fingerprint density at radius 1 is 1.55 bits per heavy atom. The summed E-state index contributed by atoms with van der Waals surface area (Å²) in [4.78, 5) is 15.9. The summed E-state index contributed by atoms with van der Waals surface area (Å²) in [5.74, 6) is 0. The second-order valence-corrected chi connectivity index (χ2v) is 5.23. The molecule has 102 valence electrons. The zero-order valence-electron chi connectivity index (χ0n) is 10.8. The van der Waals surface area contributed by atoms with Crippen molar-refractivity contribution in [1.29, 1.82) is 5.26 Å². The standard InChI is InChI=1S/C13H12N4O2S/c1-2-10-7-16-13(20-10)8-15-11-5-9(6-14)3-4-12(11)17(18)19/h3-5,7,15H,2,8H2,1H3. The van der Waals surface area contributed by atoms with Gasteiger partial charge in [0.25, 0.3) is 5.69 Å². The molecule has 1 aromatic carbocycles. The maximum absolute atomic E-state index is 11.0. The molecule has 0 atom stereocenters. The van der Waals surface area contributed by atoms with Gasteiger partial charge in [-0.2, -0.15) is 5.26 Å². The van der Waals surface area contributed by atoms with Crippen LogP contribution in [0.3, 0.4) is 0 Å². The largest absolute Gasteiger partial charge is 0.373 e. The van der Waals surface area contributed by atoms with Gasteiger partial charge in [0.05, 0.1) is 23.1 Å². The number of nitriles is 1. The Bertz CT molecular complexity index is 675. The van der Waals surface area contributed by atoms with Crippen LogP contribution in [-0.2, 0) is 13.0 Å². The van der Waals surface area contributed by atoms with E-state index < -0.39 is 4.92 Å². The summed E-state index contributed by atoms with van der Waals surface area (Å²) in [5, 5.41) is 23.6. The molecule has 1 heterocycles. The number of nitrogens with zero attached hydrogens (tertiary/aromatic N) is 3. The van der Waals surface area contributed by atoms with Crippen LogP contribution < -0.4 is 5.32 Å². The van der Waals surface area contributed by atoms with E-state index >= 15 is 0 Å². The van der Waals surface area contributed by atoms with Crippen molar-refractivity contribution >= 4 is 22.7 Å². The van der Waals surface area contributed by atoms with Gasteiger partial charge in [-0.25, -0.2) is 4.98 Å². The van der Waals surface area contributed by atoms with E-state index in [2.05, 4.69) is 10.3 Å². The molecule has 0 aliphatic heterocycles. The summed E-state index contributed by atoms with van der Waals surface area (Å²) in [6.45, 7) is 2.45. The fourth-order valence-corrected chi connectivity index (χ4v) is 2.47. The summed E-state index contributed by atoms with van der Waals surface area (Å²) in [7, 11) is 0. The lowest BCUT2D eigenvalue weighted by Gasteiger charge is -2.05. The molecule has 2 rings (SSSR count). The number of nitro benzene ring substituents is 1. The first kappa shape index (κ1) is 14.0. The molecule has 1 aromatic heterocycles. The minimum atomic E-state index is -0.469. The molecule has 0 amide bonds. The van der Waals surface area contributed by atoms with E-state index in [0.717, 1.165) is 11.4 Å². The van der Waals surface area contributed by atoms with Gasteiger partial charge in [0, 0.05) is 17.1 Å². The second kappa shape index (κ2) is 6.12. The molecule has 0 aliphatic carbocycles. The molecule has 7 heteroatoms. The number of nitro groups is 1. The quantitative estimate of drug-likeness (QED) is 0.674. The summed E-state index contributed by atoms with van der Waals surface area (Å²) in [5.41, 5.74) is 0.671. The zero-order chi connectivity index (χ0) is 14.5. The molecule has 20 heavy (non-hydrogen) atoms. The summed E-state index contributed by atoms with van der Waals surface area (Å²) < 4.78 is 0. The van der Waals surface area contributed by atoms with Gasteiger partial charge < -0.3 is 5.32 Å². The van der Waals surface area contributed by atoms with Gasteiger partial charge in [-0.05, 0) is 18.6 Å². The number of benzene rings is 1. The lowest BCUT2D eigenvalue weighted by molar-refractivity contribution is -0.384. The van der Waals surface area contributed by atoms with Crippen LogP contribution in [-0.4, -0.2) is 9.91 Å². The van der Waals surface area contributed by atoms with Crippen molar-refractivity contribution in [3.8, 4) is 6.07 Å². The van der Waals surface area contributed by atoms with Crippen LogP contribution in [0.5, 0.6) is 0 Å². The maximum atomic E-state index is 11.0. The molecule has 0 saturated heterocycles. The Balaban J connectivity index is 2.19. The van der Waals surface area contributed by atoms with Crippen LogP contribution in [0.25, 0.3) is 0 Å². The highest BCUT2D eigenvalue weighted by Gasteiger charge is 2.14. The Kier molecular flexibility index (Phi) is 4.27. The van der Waals surface area contributed by atoms with Crippen molar-refractivity contribution < 1.29 is 4.92 Å². The van der Waals surface area contributed by atoms with Crippen LogP contribution in [0, 0.1) is 21.4 Å². The molecule has 0 fully saturated rings. The Morgan fingerprint density at radius 2 is 2.35 bits per heavy atom. The molecule has 0 spiro atoms. The highest BCUT2D eigenvalue weighted by Crippen LogP contribution is 2.26. The first-order chi connectivity index (χ1) is 9.63. The fraction of sp³-hybridized carbons (Fsp3) is 0.231.